The van der Waals surface area contributed by atoms with Crippen molar-refractivity contribution in [3.63, 3.8) is 0 Å². The molecular weight excluding hydrogens is 396 g/mol. The van der Waals surface area contributed by atoms with Gasteiger partial charge in [0.05, 0.1) is 6.04 Å². The van der Waals surface area contributed by atoms with Crippen molar-refractivity contribution in [1.29, 1.82) is 0 Å². The first-order valence-electron chi connectivity index (χ1n) is 10.2. The third kappa shape index (κ3) is 4.63. The minimum atomic E-state index is -0.509. The highest BCUT2D eigenvalue weighted by atomic mass is 19.1. The molecule has 1 unspecified atom stereocenters. The Kier molecular flexibility index (Phi) is 6.07. The molecule has 1 atom stereocenters. The molecule has 0 bridgehead atoms. The molecule has 0 aliphatic carbocycles. The van der Waals surface area contributed by atoms with Crippen molar-refractivity contribution in [3.8, 4) is 0 Å². The standard InChI is InChI=1S/C25H23F2N3O/c1-29(14-12-21-9-5-6-13-28-21)25(31)30-17-19(22-16-20(26)10-11-23(22)27)15-24(30)18-7-3-2-4-8-18/h2-11,13,15-16,24H,12,14,17H2,1H3. The summed E-state index contributed by atoms with van der Waals surface area (Å²) in [6.07, 6.45) is 4.20. The van der Waals surface area contributed by atoms with Gasteiger partial charge in [0.1, 0.15) is 11.6 Å². The lowest BCUT2D eigenvalue weighted by molar-refractivity contribution is 0.162. The molecule has 1 aliphatic rings. The Labute approximate surface area is 180 Å². The molecule has 0 fully saturated rings. The summed E-state index contributed by atoms with van der Waals surface area (Å²) in [7, 11) is 1.74. The SMILES string of the molecule is CN(CCc1ccccn1)C(=O)N1CC(c2cc(F)ccc2F)=CC1c1ccccc1. The molecule has 6 heteroatoms. The molecule has 0 spiro atoms. The Hall–Kier alpha value is -3.54. The first-order valence-corrected chi connectivity index (χ1v) is 10.2. The van der Waals surface area contributed by atoms with Gasteiger partial charge in [-0.05, 0) is 41.5 Å². The molecule has 0 saturated carbocycles. The second-order valence-corrected chi connectivity index (χ2v) is 7.57. The number of carbonyl (C=O) groups is 1. The van der Waals surface area contributed by atoms with E-state index in [9.17, 15) is 13.6 Å². The van der Waals surface area contributed by atoms with Gasteiger partial charge < -0.3 is 9.80 Å². The van der Waals surface area contributed by atoms with Crippen LogP contribution >= 0.6 is 0 Å². The Morgan fingerprint density at radius 3 is 2.61 bits per heavy atom. The molecule has 4 rings (SSSR count). The molecule has 0 saturated heterocycles. The van der Waals surface area contributed by atoms with Crippen LogP contribution in [0.3, 0.4) is 0 Å². The van der Waals surface area contributed by atoms with Crippen molar-refractivity contribution in [2.45, 2.75) is 12.5 Å². The molecule has 1 aromatic heterocycles. The van der Waals surface area contributed by atoms with Crippen LogP contribution in [0.5, 0.6) is 0 Å². The number of halogens is 2. The number of benzene rings is 2. The number of aromatic nitrogens is 1. The number of hydrogen-bond acceptors (Lipinski definition) is 2. The average molecular weight is 419 g/mol. The van der Waals surface area contributed by atoms with E-state index >= 15 is 0 Å². The maximum absolute atomic E-state index is 14.4. The predicted octanol–water partition coefficient (Wildman–Crippen LogP) is 5.09. The number of carbonyl (C=O) groups excluding carboxylic acids is 1. The molecule has 2 aromatic carbocycles. The van der Waals surface area contributed by atoms with Gasteiger partial charge in [0.25, 0.3) is 0 Å². The first-order chi connectivity index (χ1) is 15.0. The molecule has 4 nitrogen and oxygen atoms in total. The molecule has 2 amide bonds. The van der Waals surface area contributed by atoms with E-state index in [1.165, 1.54) is 6.07 Å². The fourth-order valence-electron chi connectivity index (χ4n) is 3.79. The maximum Gasteiger partial charge on any atom is 0.320 e. The van der Waals surface area contributed by atoms with Gasteiger partial charge in [-0.25, -0.2) is 13.6 Å². The Morgan fingerprint density at radius 2 is 1.87 bits per heavy atom. The van der Waals surface area contributed by atoms with Crippen LogP contribution in [-0.4, -0.2) is 41.0 Å². The van der Waals surface area contributed by atoms with E-state index in [1.807, 2.05) is 54.6 Å². The zero-order chi connectivity index (χ0) is 21.8. The predicted molar refractivity (Wildman–Crippen MR) is 116 cm³/mol. The highest BCUT2D eigenvalue weighted by molar-refractivity contribution is 5.82. The smallest absolute Gasteiger partial charge is 0.320 e. The average Bonchev–Trinajstić information content (AvgIpc) is 3.25. The fourth-order valence-corrected chi connectivity index (χ4v) is 3.79. The van der Waals surface area contributed by atoms with Gasteiger partial charge in [0, 0.05) is 44.0 Å². The van der Waals surface area contributed by atoms with E-state index in [0.717, 1.165) is 23.4 Å². The van der Waals surface area contributed by atoms with E-state index in [1.54, 1.807) is 23.0 Å². The van der Waals surface area contributed by atoms with Crippen LogP contribution in [-0.2, 0) is 6.42 Å². The summed E-state index contributed by atoms with van der Waals surface area (Å²) in [5.41, 5.74) is 2.61. The second-order valence-electron chi connectivity index (χ2n) is 7.57. The van der Waals surface area contributed by atoms with Crippen LogP contribution in [0.2, 0.25) is 0 Å². The summed E-state index contributed by atoms with van der Waals surface area (Å²) in [6, 6.07) is 18.1. The van der Waals surface area contributed by atoms with Crippen LogP contribution in [0.15, 0.2) is 79.0 Å². The number of likely N-dealkylation sites (N-methyl/N-ethyl adjacent to an activating group) is 1. The van der Waals surface area contributed by atoms with Crippen molar-refractivity contribution in [2.24, 2.45) is 0 Å². The Balaban J connectivity index is 1.58. The van der Waals surface area contributed by atoms with Crippen LogP contribution in [0.25, 0.3) is 5.57 Å². The van der Waals surface area contributed by atoms with Crippen molar-refractivity contribution < 1.29 is 13.6 Å². The largest absolute Gasteiger partial charge is 0.327 e. The van der Waals surface area contributed by atoms with Gasteiger partial charge in [-0.1, -0.05) is 42.5 Å². The van der Waals surface area contributed by atoms with Crippen molar-refractivity contribution >= 4 is 11.6 Å². The summed E-state index contributed by atoms with van der Waals surface area (Å²) in [6.45, 7) is 0.699. The molecule has 31 heavy (non-hydrogen) atoms. The molecule has 1 aliphatic heterocycles. The van der Waals surface area contributed by atoms with Gasteiger partial charge in [0.2, 0.25) is 0 Å². The summed E-state index contributed by atoms with van der Waals surface area (Å²) in [4.78, 5) is 20.9. The van der Waals surface area contributed by atoms with Gasteiger partial charge in [-0.3, -0.25) is 4.98 Å². The summed E-state index contributed by atoms with van der Waals surface area (Å²) < 4.78 is 28.2. The maximum atomic E-state index is 14.4. The third-order valence-corrected chi connectivity index (χ3v) is 5.45. The van der Waals surface area contributed by atoms with Crippen LogP contribution < -0.4 is 0 Å². The number of nitrogens with zero attached hydrogens (tertiary/aromatic N) is 3. The number of amides is 2. The van der Waals surface area contributed by atoms with Gasteiger partial charge in [-0.2, -0.15) is 0 Å². The number of urea groups is 1. The lowest BCUT2D eigenvalue weighted by atomic mass is 10.0. The van der Waals surface area contributed by atoms with Crippen molar-refractivity contribution in [1.82, 2.24) is 14.8 Å². The fraction of sp³-hybridized carbons (Fsp3) is 0.200. The molecular formula is C25H23F2N3O. The summed E-state index contributed by atoms with van der Waals surface area (Å²) in [5.74, 6) is -1.01. The van der Waals surface area contributed by atoms with Gasteiger partial charge >= 0.3 is 6.03 Å². The summed E-state index contributed by atoms with van der Waals surface area (Å²) in [5, 5.41) is 0. The number of pyridine rings is 1. The van der Waals surface area contributed by atoms with E-state index in [2.05, 4.69) is 4.98 Å². The van der Waals surface area contributed by atoms with E-state index in [-0.39, 0.29) is 24.2 Å². The second kappa shape index (κ2) is 9.08. The Morgan fingerprint density at radius 1 is 1.10 bits per heavy atom. The summed E-state index contributed by atoms with van der Waals surface area (Å²) >= 11 is 0. The normalized spacial score (nSPS) is 15.6. The van der Waals surface area contributed by atoms with Gasteiger partial charge in [-0.15, -0.1) is 0 Å². The lowest BCUT2D eigenvalue weighted by Gasteiger charge is -2.30. The van der Waals surface area contributed by atoms with Gasteiger partial charge in [0.15, 0.2) is 0 Å². The van der Waals surface area contributed by atoms with Crippen LogP contribution in [0.4, 0.5) is 13.6 Å². The van der Waals surface area contributed by atoms with E-state index < -0.39 is 11.6 Å². The Bertz CT molecular complexity index is 1090. The quantitative estimate of drug-likeness (QED) is 0.577. The minimum absolute atomic E-state index is 0.173. The highest BCUT2D eigenvalue weighted by Gasteiger charge is 2.33. The third-order valence-electron chi connectivity index (χ3n) is 5.45. The highest BCUT2D eigenvalue weighted by Crippen LogP contribution is 2.36. The van der Waals surface area contributed by atoms with Crippen molar-refractivity contribution in [2.75, 3.05) is 20.1 Å². The molecule has 0 N–H and O–H groups in total. The lowest BCUT2D eigenvalue weighted by Crippen LogP contribution is -2.42. The first kappa shape index (κ1) is 20.7. The molecule has 0 radical (unpaired) electrons. The van der Waals surface area contributed by atoms with E-state index in [0.29, 0.717) is 18.5 Å². The van der Waals surface area contributed by atoms with Crippen LogP contribution in [0.1, 0.15) is 22.9 Å². The van der Waals surface area contributed by atoms with E-state index in [4.69, 9.17) is 0 Å². The number of hydrogen-bond donors (Lipinski definition) is 0. The molecule has 158 valence electrons. The van der Waals surface area contributed by atoms with Crippen molar-refractivity contribution in [3.05, 3.63) is 107 Å². The number of rotatable bonds is 5. The zero-order valence-electron chi connectivity index (χ0n) is 17.2. The molecule has 2 heterocycles. The topological polar surface area (TPSA) is 36.4 Å². The minimum Gasteiger partial charge on any atom is -0.327 e. The van der Waals surface area contributed by atoms with Crippen LogP contribution in [0, 0.1) is 11.6 Å². The monoisotopic (exact) mass is 419 g/mol. The zero-order valence-corrected chi connectivity index (χ0v) is 17.2. The molecule has 3 aromatic rings.